The number of unbranched alkanes of at least 4 members (excludes halogenated alkanes) is 8. The fourth-order valence-corrected chi connectivity index (χ4v) is 3.52. The Morgan fingerprint density at radius 2 is 1.40 bits per heavy atom. The van der Waals surface area contributed by atoms with E-state index in [0.717, 1.165) is 24.5 Å². The fourth-order valence-electron chi connectivity index (χ4n) is 3.52. The second-order valence-electron chi connectivity index (χ2n) is 8.73. The molecule has 35 heavy (non-hydrogen) atoms. The van der Waals surface area contributed by atoms with E-state index in [1.165, 1.54) is 51.0 Å². The molecule has 1 heterocycles. The first kappa shape index (κ1) is 28.8. The standard InChI is InChI=1S/C28H39F3N2O2/c1-3-5-7-8-9-10-11-12-20-34-25-21-32-27(33-22-25)24-16-13-23(14-17-24)15-18-26(28(29,30)31)35-19-6-4-2/h13-18,21-22,26H,3-12,19-20H2,1-2H3/b18-15+. The topological polar surface area (TPSA) is 44.2 Å². The summed E-state index contributed by atoms with van der Waals surface area (Å²) in [7, 11) is 0. The van der Waals surface area contributed by atoms with Crippen molar-refractivity contribution < 1.29 is 22.6 Å². The van der Waals surface area contributed by atoms with Gasteiger partial charge in [0.15, 0.2) is 17.7 Å². The zero-order valence-electron chi connectivity index (χ0n) is 21.0. The van der Waals surface area contributed by atoms with Crippen LogP contribution in [-0.2, 0) is 4.74 Å². The van der Waals surface area contributed by atoms with Gasteiger partial charge in [0.05, 0.1) is 19.0 Å². The summed E-state index contributed by atoms with van der Waals surface area (Å²) in [6.07, 6.45) is 10.8. The molecule has 0 N–H and O–H groups in total. The maximum atomic E-state index is 13.1. The van der Waals surface area contributed by atoms with Crippen LogP contribution < -0.4 is 4.74 Å². The van der Waals surface area contributed by atoms with Crippen molar-refractivity contribution in [3.63, 3.8) is 0 Å². The van der Waals surface area contributed by atoms with Crippen molar-refractivity contribution in [1.29, 1.82) is 0 Å². The van der Waals surface area contributed by atoms with Crippen molar-refractivity contribution in [1.82, 2.24) is 9.97 Å². The lowest BCUT2D eigenvalue weighted by Gasteiger charge is -2.17. The molecule has 0 saturated carbocycles. The molecule has 1 unspecified atom stereocenters. The van der Waals surface area contributed by atoms with Gasteiger partial charge in [0.2, 0.25) is 0 Å². The Kier molecular flexibility index (Phi) is 13.4. The molecule has 0 saturated heterocycles. The molecule has 0 aliphatic carbocycles. The highest BCUT2D eigenvalue weighted by Gasteiger charge is 2.38. The molecule has 1 atom stereocenters. The van der Waals surface area contributed by atoms with Gasteiger partial charge in [-0.3, -0.25) is 0 Å². The van der Waals surface area contributed by atoms with Crippen LogP contribution >= 0.6 is 0 Å². The number of benzene rings is 1. The molecule has 0 bridgehead atoms. The molecular formula is C28H39F3N2O2. The van der Waals surface area contributed by atoms with E-state index in [2.05, 4.69) is 16.9 Å². The number of nitrogens with zero attached hydrogens (tertiary/aromatic N) is 2. The van der Waals surface area contributed by atoms with E-state index >= 15 is 0 Å². The van der Waals surface area contributed by atoms with Crippen LogP contribution in [0.25, 0.3) is 17.5 Å². The molecule has 0 radical (unpaired) electrons. The summed E-state index contributed by atoms with van der Waals surface area (Å²) >= 11 is 0. The number of ether oxygens (including phenoxy) is 2. The van der Waals surface area contributed by atoms with Crippen molar-refractivity contribution in [2.45, 2.75) is 90.3 Å². The molecule has 0 spiro atoms. The molecule has 0 aliphatic heterocycles. The minimum atomic E-state index is -4.43. The molecule has 7 heteroatoms. The normalized spacial score (nSPS) is 12.8. The summed E-state index contributed by atoms with van der Waals surface area (Å²) in [5, 5.41) is 0. The van der Waals surface area contributed by atoms with Gasteiger partial charge in [0.1, 0.15) is 0 Å². The van der Waals surface area contributed by atoms with Gasteiger partial charge in [0.25, 0.3) is 0 Å². The second kappa shape index (κ2) is 16.3. The zero-order chi connectivity index (χ0) is 25.4. The lowest BCUT2D eigenvalue weighted by molar-refractivity contribution is -0.203. The number of rotatable bonds is 17. The maximum absolute atomic E-state index is 13.1. The molecule has 0 aliphatic rings. The van der Waals surface area contributed by atoms with Crippen molar-refractivity contribution in [3.8, 4) is 17.1 Å². The highest BCUT2D eigenvalue weighted by atomic mass is 19.4. The predicted molar refractivity (Wildman–Crippen MR) is 135 cm³/mol. The van der Waals surface area contributed by atoms with Crippen LogP contribution in [0.15, 0.2) is 42.7 Å². The number of halogens is 3. The van der Waals surface area contributed by atoms with Crippen molar-refractivity contribution in [2.75, 3.05) is 13.2 Å². The summed E-state index contributed by atoms with van der Waals surface area (Å²) in [5.41, 5.74) is 1.43. The Bertz CT molecular complexity index is 837. The van der Waals surface area contributed by atoms with Crippen molar-refractivity contribution in [2.24, 2.45) is 0 Å². The average molecular weight is 493 g/mol. The van der Waals surface area contributed by atoms with Crippen LogP contribution in [0.2, 0.25) is 0 Å². The van der Waals surface area contributed by atoms with E-state index in [4.69, 9.17) is 9.47 Å². The Labute approximate surface area is 208 Å². The Morgan fingerprint density at radius 1 is 0.800 bits per heavy atom. The SMILES string of the molecule is CCCCCCCCCCOc1cnc(-c2ccc(/C=C/C(OCCCC)C(F)(F)F)cc2)nc1. The quantitative estimate of drug-likeness (QED) is 0.208. The van der Waals surface area contributed by atoms with Gasteiger partial charge < -0.3 is 9.47 Å². The van der Waals surface area contributed by atoms with Crippen LogP contribution in [0.1, 0.15) is 83.6 Å². The highest BCUT2D eigenvalue weighted by molar-refractivity contribution is 5.60. The largest absolute Gasteiger partial charge is 0.490 e. The first-order chi connectivity index (χ1) is 16.9. The van der Waals surface area contributed by atoms with Gasteiger partial charge in [-0.05, 0) is 24.5 Å². The van der Waals surface area contributed by atoms with Crippen LogP contribution in [-0.4, -0.2) is 35.5 Å². The summed E-state index contributed by atoms with van der Waals surface area (Å²) in [4.78, 5) is 8.72. The van der Waals surface area contributed by atoms with Crippen LogP contribution in [0.4, 0.5) is 13.2 Å². The molecule has 1 aromatic carbocycles. The van der Waals surface area contributed by atoms with Crippen molar-refractivity contribution in [3.05, 3.63) is 48.3 Å². The van der Waals surface area contributed by atoms with Gasteiger partial charge >= 0.3 is 6.18 Å². The van der Waals surface area contributed by atoms with E-state index in [1.807, 2.05) is 6.92 Å². The number of alkyl halides is 3. The smallest absolute Gasteiger partial charge is 0.418 e. The van der Waals surface area contributed by atoms with Gasteiger partial charge in [-0.15, -0.1) is 0 Å². The second-order valence-corrected chi connectivity index (χ2v) is 8.73. The van der Waals surface area contributed by atoms with Gasteiger partial charge in [-0.1, -0.05) is 95.6 Å². The Hall–Kier alpha value is -2.41. The van der Waals surface area contributed by atoms with Gasteiger partial charge in [0, 0.05) is 12.2 Å². The molecular weight excluding hydrogens is 453 g/mol. The minimum Gasteiger partial charge on any atom is -0.490 e. The Balaban J connectivity index is 1.79. The lowest BCUT2D eigenvalue weighted by Crippen LogP contribution is -2.30. The summed E-state index contributed by atoms with van der Waals surface area (Å²) in [6.45, 7) is 4.87. The lowest BCUT2D eigenvalue weighted by atomic mass is 10.1. The zero-order valence-corrected chi connectivity index (χ0v) is 21.0. The first-order valence-corrected chi connectivity index (χ1v) is 12.9. The number of aromatic nitrogens is 2. The van der Waals surface area contributed by atoms with E-state index < -0.39 is 12.3 Å². The third-order valence-corrected chi connectivity index (χ3v) is 5.65. The predicted octanol–water partition coefficient (Wildman–Crippen LogP) is 8.42. The Morgan fingerprint density at radius 3 is 2.00 bits per heavy atom. The summed E-state index contributed by atoms with van der Waals surface area (Å²) in [5.74, 6) is 1.17. The van der Waals surface area contributed by atoms with E-state index in [0.29, 0.717) is 30.2 Å². The molecule has 2 aromatic rings. The van der Waals surface area contributed by atoms with Crippen LogP contribution in [0, 0.1) is 0 Å². The molecule has 2 rings (SSSR count). The summed E-state index contributed by atoms with van der Waals surface area (Å²) in [6, 6.07) is 7.05. The summed E-state index contributed by atoms with van der Waals surface area (Å²) < 4.78 is 50.2. The third-order valence-electron chi connectivity index (χ3n) is 5.65. The van der Waals surface area contributed by atoms with Gasteiger partial charge in [-0.25, -0.2) is 9.97 Å². The molecule has 0 amide bonds. The van der Waals surface area contributed by atoms with Crippen LogP contribution in [0.3, 0.4) is 0 Å². The molecule has 4 nitrogen and oxygen atoms in total. The molecule has 194 valence electrons. The first-order valence-electron chi connectivity index (χ1n) is 12.9. The van der Waals surface area contributed by atoms with E-state index in [-0.39, 0.29) is 6.61 Å². The molecule has 1 aromatic heterocycles. The van der Waals surface area contributed by atoms with Crippen molar-refractivity contribution >= 4 is 6.08 Å². The van der Waals surface area contributed by atoms with Gasteiger partial charge in [-0.2, -0.15) is 13.2 Å². The highest BCUT2D eigenvalue weighted by Crippen LogP contribution is 2.25. The number of hydrogen-bond acceptors (Lipinski definition) is 4. The van der Waals surface area contributed by atoms with E-state index in [1.54, 1.807) is 36.7 Å². The van der Waals surface area contributed by atoms with E-state index in [9.17, 15) is 13.2 Å². The monoisotopic (exact) mass is 492 g/mol. The number of hydrogen-bond donors (Lipinski definition) is 0. The van der Waals surface area contributed by atoms with Crippen LogP contribution in [0.5, 0.6) is 5.75 Å². The molecule has 0 fully saturated rings. The average Bonchev–Trinajstić information content (AvgIpc) is 2.85. The third kappa shape index (κ3) is 11.7. The minimum absolute atomic E-state index is 0.0835. The maximum Gasteiger partial charge on any atom is 0.418 e. The fraction of sp³-hybridized carbons (Fsp3) is 0.571.